The zero-order chi connectivity index (χ0) is 12.4. The van der Waals surface area contributed by atoms with E-state index < -0.39 is 0 Å². The Balaban J connectivity index is 1.90. The van der Waals surface area contributed by atoms with E-state index in [1.165, 1.54) is 0 Å². The summed E-state index contributed by atoms with van der Waals surface area (Å²) in [6, 6.07) is -0.190. The van der Waals surface area contributed by atoms with Gasteiger partial charge in [-0.2, -0.15) is 5.10 Å². The van der Waals surface area contributed by atoms with Crippen molar-refractivity contribution in [1.82, 2.24) is 15.1 Å². The molecule has 17 heavy (non-hydrogen) atoms. The van der Waals surface area contributed by atoms with Crippen LogP contribution >= 0.6 is 0 Å². The number of nitrogens with two attached hydrogens (primary N) is 1. The molecule has 6 heteroatoms. The molecular formula is C11H18N4O2. The number of aromatic nitrogens is 2. The average molecular weight is 238 g/mol. The predicted molar refractivity (Wildman–Crippen MR) is 62.1 cm³/mol. The van der Waals surface area contributed by atoms with Gasteiger partial charge in [0.1, 0.15) is 0 Å². The standard InChI is InChI=1S/C11H18N4O2/c1-7-8(4-15(2)14-7)3-13-11(16)9-5-17-6-10(9)12/h4,9-10H,3,5-6,12H2,1-2H3,(H,13,16). The van der Waals surface area contributed by atoms with Crippen molar-refractivity contribution >= 4 is 5.91 Å². The zero-order valence-electron chi connectivity index (χ0n) is 10.1. The lowest BCUT2D eigenvalue weighted by Crippen LogP contribution is -2.40. The van der Waals surface area contributed by atoms with E-state index in [-0.39, 0.29) is 17.9 Å². The third-order valence-electron chi connectivity index (χ3n) is 3.03. The lowest BCUT2D eigenvalue weighted by molar-refractivity contribution is -0.125. The molecule has 2 heterocycles. The Bertz CT molecular complexity index is 416. The number of aryl methyl sites for hydroxylation is 2. The van der Waals surface area contributed by atoms with Gasteiger partial charge in [-0.25, -0.2) is 0 Å². The summed E-state index contributed by atoms with van der Waals surface area (Å²) < 4.78 is 6.91. The first kappa shape index (κ1) is 12.1. The Labute approximate surface area is 100 Å². The maximum Gasteiger partial charge on any atom is 0.227 e. The molecule has 1 aliphatic heterocycles. The molecule has 3 N–H and O–H groups in total. The molecule has 6 nitrogen and oxygen atoms in total. The van der Waals surface area contributed by atoms with Gasteiger partial charge in [-0.1, -0.05) is 0 Å². The quantitative estimate of drug-likeness (QED) is 0.731. The number of ether oxygens (including phenoxy) is 1. The van der Waals surface area contributed by atoms with E-state index in [4.69, 9.17) is 10.5 Å². The smallest absolute Gasteiger partial charge is 0.227 e. The molecule has 0 saturated carbocycles. The van der Waals surface area contributed by atoms with Crippen molar-refractivity contribution < 1.29 is 9.53 Å². The summed E-state index contributed by atoms with van der Waals surface area (Å²) in [4.78, 5) is 11.8. The van der Waals surface area contributed by atoms with Crippen molar-refractivity contribution in [1.29, 1.82) is 0 Å². The van der Waals surface area contributed by atoms with Crippen molar-refractivity contribution in [2.45, 2.75) is 19.5 Å². The van der Waals surface area contributed by atoms with Crippen LogP contribution in [0.4, 0.5) is 0 Å². The minimum Gasteiger partial charge on any atom is -0.379 e. The Morgan fingerprint density at radius 3 is 3.00 bits per heavy atom. The van der Waals surface area contributed by atoms with E-state index in [1.807, 2.05) is 20.2 Å². The van der Waals surface area contributed by atoms with Crippen molar-refractivity contribution in [2.75, 3.05) is 13.2 Å². The van der Waals surface area contributed by atoms with Crippen LogP contribution < -0.4 is 11.1 Å². The van der Waals surface area contributed by atoms with Crippen molar-refractivity contribution in [3.8, 4) is 0 Å². The van der Waals surface area contributed by atoms with Crippen LogP contribution in [0.3, 0.4) is 0 Å². The fraction of sp³-hybridized carbons (Fsp3) is 0.636. The van der Waals surface area contributed by atoms with E-state index in [1.54, 1.807) is 4.68 Å². The second-order valence-electron chi connectivity index (χ2n) is 4.44. The molecule has 1 saturated heterocycles. The molecule has 1 amide bonds. The van der Waals surface area contributed by atoms with Gasteiger partial charge >= 0.3 is 0 Å². The molecule has 1 aromatic rings. The minimum absolute atomic E-state index is 0.0433. The summed E-state index contributed by atoms with van der Waals surface area (Å²) in [6.07, 6.45) is 1.90. The first-order valence-electron chi connectivity index (χ1n) is 5.68. The minimum atomic E-state index is -0.230. The summed E-state index contributed by atoms with van der Waals surface area (Å²) >= 11 is 0. The highest BCUT2D eigenvalue weighted by Crippen LogP contribution is 2.12. The number of nitrogens with zero attached hydrogens (tertiary/aromatic N) is 2. The summed E-state index contributed by atoms with van der Waals surface area (Å²) in [5.74, 6) is -0.273. The first-order chi connectivity index (χ1) is 8.08. The maximum absolute atomic E-state index is 11.8. The van der Waals surface area contributed by atoms with Gasteiger partial charge in [0.2, 0.25) is 5.91 Å². The number of hydrogen-bond donors (Lipinski definition) is 2. The number of nitrogens with one attached hydrogen (secondary N) is 1. The second-order valence-corrected chi connectivity index (χ2v) is 4.44. The van der Waals surface area contributed by atoms with Crippen LogP contribution in [0, 0.1) is 12.8 Å². The molecular weight excluding hydrogens is 220 g/mol. The molecule has 0 radical (unpaired) electrons. The normalized spacial score (nSPS) is 23.9. The second kappa shape index (κ2) is 4.85. The lowest BCUT2D eigenvalue weighted by Gasteiger charge is -2.12. The number of rotatable bonds is 3. The third kappa shape index (κ3) is 2.65. The van der Waals surface area contributed by atoms with E-state index in [2.05, 4.69) is 10.4 Å². The van der Waals surface area contributed by atoms with Gasteiger partial charge in [0.25, 0.3) is 0 Å². The lowest BCUT2D eigenvalue weighted by atomic mass is 10.0. The fourth-order valence-electron chi connectivity index (χ4n) is 1.98. The number of amides is 1. The highest BCUT2D eigenvalue weighted by Gasteiger charge is 2.31. The summed E-state index contributed by atoms with van der Waals surface area (Å²) in [6.45, 7) is 3.29. The molecule has 0 spiro atoms. The van der Waals surface area contributed by atoms with Crippen molar-refractivity contribution in [3.05, 3.63) is 17.5 Å². The van der Waals surface area contributed by atoms with E-state index in [0.29, 0.717) is 19.8 Å². The Morgan fingerprint density at radius 1 is 1.71 bits per heavy atom. The molecule has 1 aromatic heterocycles. The van der Waals surface area contributed by atoms with Gasteiger partial charge in [-0.15, -0.1) is 0 Å². The summed E-state index contributed by atoms with van der Waals surface area (Å²) in [5.41, 5.74) is 7.73. The highest BCUT2D eigenvalue weighted by molar-refractivity contribution is 5.79. The van der Waals surface area contributed by atoms with Gasteiger partial charge in [0, 0.05) is 31.4 Å². The number of carbonyl (C=O) groups excluding carboxylic acids is 1. The Kier molecular flexibility index (Phi) is 3.44. The van der Waals surface area contributed by atoms with Gasteiger partial charge in [0.05, 0.1) is 24.8 Å². The summed E-state index contributed by atoms with van der Waals surface area (Å²) in [7, 11) is 1.86. The molecule has 0 bridgehead atoms. The Morgan fingerprint density at radius 2 is 2.47 bits per heavy atom. The fourth-order valence-corrected chi connectivity index (χ4v) is 1.98. The topological polar surface area (TPSA) is 82.2 Å². The number of hydrogen-bond acceptors (Lipinski definition) is 4. The molecule has 2 atom stereocenters. The predicted octanol–water partition coefficient (Wildman–Crippen LogP) is -0.682. The van der Waals surface area contributed by atoms with E-state index in [0.717, 1.165) is 11.3 Å². The van der Waals surface area contributed by atoms with Gasteiger partial charge in [0.15, 0.2) is 0 Å². The molecule has 0 aromatic carbocycles. The average Bonchev–Trinajstić information content (AvgIpc) is 2.81. The third-order valence-corrected chi connectivity index (χ3v) is 3.03. The van der Waals surface area contributed by atoms with Gasteiger partial charge in [-0.3, -0.25) is 9.48 Å². The van der Waals surface area contributed by atoms with Crippen LogP contribution in [0.5, 0.6) is 0 Å². The summed E-state index contributed by atoms with van der Waals surface area (Å²) in [5, 5.41) is 7.09. The van der Waals surface area contributed by atoms with Crippen LogP contribution in [0.25, 0.3) is 0 Å². The molecule has 2 rings (SSSR count). The van der Waals surface area contributed by atoms with Crippen LogP contribution in [0.1, 0.15) is 11.3 Å². The van der Waals surface area contributed by atoms with Crippen LogP contribution in [0.15, 0.2) is 6.20 Å². The van der Waals surface area contributed by atoms with Crippen molar-refractivity contribution in [3.63, 3.8) is 0 Å². The molecule has 0 aliphatic carbocycles. The molecule has 2 unspecified atom stereocenters. The largest absolute Gasteiger partial charge is 0.379 e. The van der Waals surface area contributed by atoms with Crippen LogP contribution in [-0.4, -0.2) is 34.9 Å². The monoisotopic (exact) mass is 238 g/mol. The van der Waals surface area contributed by atoms with Crippen LogP contribution in [0.2, 0.25) is 0 Å². The molecule has 94 valence electrons. The first-order valence-corrected chi connectivity index (χ1v) is 5.68. The highest BCUT2D eigenvalue weighted by atomic mass is 16.5. The number of carbonyl (C=O) groups is 1. The molecule has 1 aliphatic rings. The van der Waals surface area contributed by atoms with E-state index in [9.17, 15) is 4.79 Å². The molecule has 1 fully saturated rings. The van der Waals surface area contributed by atoms with Gasteiger partial charge < -0.3 is 15.8 Å². The van der Waals surface area contributed by atoms with E-state index >= 15 is 0 Å². The SMILES string of the molecule is Cc1nn(C)cc1CNC(=O)C1COCC1N. The van der Waals surface area contributed by atoms with Crippen molar-refractivity contribution in [2.24, 2.45) is 18.7 Å². The zero-order valence-corrected chi connectivity index (χ0v) is 10.1. The van der Waals surface area contributed by atoms with Gasteiger partial charge in [-0.05, 0) is 6.92 Å². The van der Waals surface area contributed by atoms with Crippen LogP contribution in [-0.2, 0) is 23.1 Å². The Hall–Kier alpha value is -1.40. The maximum atomic E-state index is 11.8.